The van der Waals surface area contributed by atoms with Crippen molar-refractivity contribution >= 4 is 47.3 Å². The molecule has 2 rings (SSSR count). The second kappa shape index (κ2) is 20.5. The molecule has 0 spiro atoms. The fourth-order valence-electron chi connectivity index (χ4n) is 4.54. The fourth-order valence-corrected chi connectivity index (χ4v) is 5.01. The highest BCUT2D eigenvalue weighted by Crippen LogP contribution is 2.13. The topological polar surface area (TPSA) is 292 Å². The number of H-pyrrole nitrogens is 1. The number of phenols is 1. The summed E-state index contributed by atoms with van der Waals surface area (Å²) in [5, 5.41) is 38.1. The molecule has 48 heavy (non-hydrogen) atoms. The molecule has 1 aromatic heterocycles. The van der Waals surface area contributed by atoms with E-state index in [4.69, 9.17) is 16.6 Å². The first-order valence-corrected chi connectivity index (χ1v) is 16.6. The van der Waals surface area contributed by atoms with Gasteiger partial charge >= 0.3 is 11.9 Å². The van der Waals surface area contributed by atoms with E-state index in [0.29, 0.717) is 36.4 Å². The molecule has 5 atom stereocenters. The highest BCUT2D eigenvalue weighted by molar-refractivity contribution is 7.98. The zero-order chi connectivity index (χ0) is 35.6. The van der Waals surface area contributed by atoms with Crippen molar-refractivity contribution in [2.24, 2.45) is 11.5 Å². The van der Waals surface area contributed by atoms with Gasteiger partial charge in [0.05, 0.1) is 18.8 Å². The van der Waals surface area contributed by atoms with Gasteiger partial charge in [-0.1, -0.05) is 12.1 Å². The molecule has 4 amide bonds. The summed E-state index contributed by atoms with van der Waals surface area (Å²) in [6.45, 7) is 0.314. The first-order valence-electron chi connectivity index (χ1n) is 15.2. The number of amides is 4. The molecule has 264 valence electrons. The van der Waals surface area contributed by atoms with Crippen molar-refractivity contribution in [2.45, 2.75) is 75.2 Å². The van der Waals surface area contributed by atoms with E-state index >= 15 is 0 Å². The second-order valence-electron chi connectivity index (χ2n) is 11.0. The van der Waals surface area contributed by atoms with Gasteiger partial charge < -0.3 is 53.0 Å². The molecule has 0 aliphatic heterocycles. The number of aromatic hydroxyl groups is 1. The van der Waals surface area contributed by atoms with Crippen LogP contribution in [0.4, 0.5) is 0 Å². The van der Waals surface area contributed by atoms with Crippen molar-refractivity contribution in [2.75, 3.05) is 18.6 Å². The molecule has 1 aromatic carbocycles. The average molecular weight is 693 g/mol. The minimum atomic E-state index is -1.73. The van der Waals surface area contributed by atoms with Gasteiger partial charge in [0.15, 0.2) is 0 Å². The van der Waals surface area contributed by atoms with Crippen LogP contribution in [0, 0.1) is 0 Å². The Morgan fingerprint density at radius 3 is 1.96 bits per heavy atom. The van der Waals surface area contributed by atoms with Crippen LogP contribution in [0.1, 0.15) is 43.4 Å². The van der Waals surface area contributed by atoms with Gasteiger partial charge in [0.1, 0.15) is 29.9 Å². The van der Waals surface area contributed by atoms with Crippen LogP contribution in [-0.4, -0.2) is 110 Å². The Morgan fingerprint density at radius 2 is 1.42 bits per heavy atom. The van der Waals surface area contributed by atoms with Crippen molar-refractivity contribution in [3.05, 3.63) is 48.0 Å². The number of unbranched alkanes of at least 4 members (excludes halogenated alkanes) is 1. The number of nitrogens with zero attached hydrogens (tertiary/aromatic N) is 1. The third-order valence-corrected chi connectivity index (χ3v) is 7.80. The third kappa shape index (κ3) is 14.0. The van der Waals surface area contributed by atoms with Crippen LogP contribution in [-0.2, 0) is 41.6 Å². The van der Waals surface area contributed by atoms with Gasteiger partial charge in [-0.25, -0.2) is 9.78 Å². The van der Waals surface area contributed by atoms with Crippen LogP contribution in [0.25, 0.3) is 0 Å². The molecule has 0 saturated heterocycles. The second-order valence-corrected chi connectivity index (χ2v) is 12.0. The Balaban J connectivity index is 2.28. The molecule has 2 aromatic rings. The zero-order valence-corrected chi connectivity index (χ0v) is 27.3. The summed E-state index contributed by atoms with van der Waals surface area (Å²) >= 11 is 1.36. The maximum absolute atomic E-state index is 13.7. The number of imidazole rings is 1. The van der Waals surface area contributed by atoms with Crippen LogP contribution in [0.15, 0.2) is 36.8 Å². The van der Waals surface area contributed by atoms with E-state index in [1.807, 2.05) is 0 Å². The maximum Gasteiger partial charge on any atom is 0.326 e. The number of carbonyl (C=O) groups is 6. The number of carboxylic acid groups (broad SMARTS) is 2. The summed E-state index contributed by atoms with van der Waals surface area (Å²) in [6.07, 6.45) is 5.05. The van der Waals surface area contributed by atoms with E-state index in [1.54, 1.807) is 18.4 Å². The van der Waals surface area contributed by atoms with E-state index in [-0.39, 0.29) is 31.4 Å². The van der Waals surface area contributed by atoms with Crippen molar-refractivity contribution in [3.8, 4) is 5.75 Å². The van der Waals surface area contributed by atoms with Gasteiger partial charge in [0.25, 0.3) is 0 Å². The largest absolute Gasteiger partial charge is 0.508 e. The maximum atomic E-state index is 13.7. The lowest BCUT2D eigenvalue weighted by atomic mass is 10.0. The number of aromatic amines is 1. The molecule has 0 aliphatic rings. The molecular weight excluding hydrogens is 648 g/mol. The van der Waals surface area contributed by atoms with Crippen molar-refractivity contribution < 1.29 is 44.1 Å². The number of thioether (sulfide) groups is 1. The summed E-state index contributed by atoms with van der Waals surface area (Å²) in [5.41, 5.74) is 12.9. The number of aliphatic carboxylic acids is 2. The third-order valence-electron chi connectivity index (χ3n) is 7.16. The smallest absolute Gasteiger partial charge is 0.326 e. The highest BCUT2D eigenvalue weighted by Gasteiger charge is 2.32. The molecule has 0 aliphatic carbocycles. The fraction of sp³-hybridized carbons (Fsp3) is 0.500. The molecule has 0 radical (unpaired) electrons. The molecule has 0 saturated carbocycles. The Bertz CT molecular complexity index is 1360. The van der Waals surface area contributed by atoms with Gasteiger partial charge in [-0.3, -0.25) is 24.0 Å². The Labute approximate surface area is 281 Å². The minimum absolute atomic E-state index is 0.000273. The van der Waals surface area contributed by atoms with Crippen LogP contribution < -0.4 is 32.7 Å². The zero-order valence-electron chi connectivity index (χ0n) is 26.5. The SMILES string of the molecule is CSCC[C@H](NC(=O)[C@H](CCCCN)NC(=O)[C@H](Cc1ccc(O)cc1)NC(=O)[C@@H](N)Cc1cnc[nH]1)C(=O)N[C@@H](CC(=O)O)C(=O)O. The lowest BCUT2D eigenvalue weighted by Crippen LogP contribution is -2.59. The number of hydrogen-bond acceptors (Lipinski definition) is 11. The molecule has 0 fully saturated rings. The number of rotatable bonds is 22. The number of carboxylic acids is 2. The van der Waals surface area contributed by atoms with Crippen LogP contribution >= 0.6 is 11.8 Å². The number of phenolic OH excluding ortho intramolecular Hbond substituents is 1. The van der Waals surface area contributed by atoms with Gasteiger partial charge in [0, 0.05) is 24.7 Å². The normalized spacial score (nSPS) is 14.1. The van der Waals surface area contributed by atoms with Gasteiger partial charge in [-0.15, -0.1) is 0 Å². The highest BCUT2D eigenvalue weighted by atomic mass is 32.2. The van der Waals surface area contributed by atoms with Crippen molar-refractivity contribution in [1.29, 1.82) is 0 Å². The average Bonchev–Trinajstić information content (AvgIpc) is 3.55. The molecule has 12 N–H and O–H groups in total. The Morgan fingerprint density at radius 1 is 0.833 bits per heavy atom. The lowest BCUT2D eigenvalue weighted by molar-refractivity contribution is -0.147. The number of benzene rings is 1. The summed E-state index contributed by atoms with van der Waals surface area (Å²) in [4.78, 5) is 82.8. The van der Waals surface area contributed by atoms with E-state index in [1.165, 1.54) is 36.4 Å². The molecule has 0 bridgehead atoms. The van der Waals surface area contributed by atoms with Crippen LogP contribution in [0.2, 0.25) is 0 Å². The Kier molecular flexibility index (Phi) is 16.9. The molecule has 18 heteroatoms. The predicted molar refractivity (Wildman–Crippen MR) is 176 cm³/mol. The number of aromatic nitrogens is 2. The predicted octanol–water partition coefficient (Wildman–Crippen LogP) is -1.39. The summed E-state index contributed by atoms with van der Waals surface area (Å²) in [6, 6.07) is -0.438. The number of carbonyl (C=O) groups excluding carboxylic acids is 4. The minimum Gasteiger partial charge on any atom is -0.508 e. The molecular formula is C30H44N8O9S. The Hall–Kier alpha value is -4.68. The van der Waals surface area contributed by atoms with E-state index in [2.05, 4.69) is 31.2 Å². The quantitative estimate of drug-likeness (QED) is 0.0637. The van der Waals surface area contributed by atoms with Gasteiger partial charge in [-0.2, -0.15) is 11.8 Å². The molecule has 0 unspecified atom stereocenters. The lowest BCUT2D eigenvalue weighted by Gasteiger charge is -2.26. The number of nitrogens with one attached hydrogen (secondary N) is 5. The van der Waals surface area contributed by atoms with Gasteiger partial charge in [-0.05, 0) is 61.9 Å². The summed E-state index contributed by atoms with van der Waals surface area (Å²) in [7, 11) is 0. The number of nitrogens with two attached hydrogens (primary N) is 2. The van der Waals surface area contributed by atoms with Gasteiger partial charge in [0.2, 0.25) is 23.6 Å². The van der Waals surface area contributed by atoms with E-state index < -0.39 is 72.2 Å². The van der Waals surface area contributed by atoms with Crippen LogP contribution in [0.5, 0.6) is 5.75 Å². The standard InChI is InChI=1S/C30H44N8O9S/c1-48-11-9-22(28(44)38-24(30(46)47)14-25(40)41)36-27(43)21(4-2-3-10-31)35-29(45)23(12-17-5-7-19(39)8-6-17)37-26(42)20(32)13-18-15-33-16-34-18/h5-8,15-16,20-24,39H,2-4,9-14,31-32H2,1H3,(H,33,34)(H,35,45)(H,36,43)(H,37,42)(H,38,44)(H,40,41)(H,46,47)/t20-,21-,22-,23-,24-/m0/s1. The number of hydrogen-bond donors (Lipinski definition) is 10. The summed E-state index contributed by atoms with van der Waals surface area (Å²) < 4.78 is 0. The van der Waals surface area contributed by atoms with Crippen LogP contribution in [0.3, 0.4) is 0 Å². The van der Waals surface area contributed by atoms with Crippen molar-refractivity contribution in [3.63, 3.8) is 0 Å². The van der Waals surface area contributed by atoms with Crippen molar-refractivity contribution in [1.82, 2.24) is 31.2 Å². The summed E-state index contributed by atoms with van der Waals surface area (Å²) in [5.74, 6) is -5.63. The monoisotopic (exact) mass is 692 g/mol. The first kappa shape index (κ1) is 39.5. The first-order chi connectivity index (χ1) is 22.8. The van der Waals surface area contributed by atoms with E-state index in [0.717, 1.165) is 0 Å². The van der Waals surface area contributed by atoms with E-state index in [9.17, 15) is 39.0 Å². The molecule has 1 heterocycles. The molecule has 17 nitrogen and oxygen atoms in total.